The van der Waals surface area contributed by atoms with E-state index in [0.29, 0.717) is 22.8 Å². The van der Waals surface area contributed by atoms with Gasteiger partial charge in [0, 0.05) is 13.6 Å². The number of hydrogen-bond acceptors (Lipinski definition) is 6. The van der Waals surface area contributed by atoms with Gasteiger partial charge in [-0.3, -0.25) is 5.10 Å². The van der Waals surface area contributed by atoms with Gasteiger partial charge in [-0.2, -0.15) is 28.2 Å². The summed E-state index contributed by atoms with van der Waals surface area (Å²) >= 11 is 0. The first-order valence-electron chi connectivity index (χ1n) is 5.77. The van der Waals surface area contributed by atoms with Crippen molar-refractivity contribution in [3.8, 4) is 0 Å². The Morgan fingerprint density at radius 3 is 2.85 bits per heavy atom. The number of nitrogens with one attached hydrogen (secondary N) is 3. The van der Waals surface area contributed by atoms with Crippen LogP contribution in [0.5, 0.6) is 0 Å². The minimum atomic E-state index is -4.31. The lowest BCUT2D eigenvalue weighted by atomic mass is 10.4. The van der Waals surface area contributed by atoms with E-state index >= 15 is 0 Å². The molecule has 2 rings (SSSR count). The Balaban J connectivity index is 1.94. The van der Waals surface area contributed by atoms with Crippen molar-refractivity contribution in [2.75, 3.05) is 37.4 Å². The summed E-state index contributed by atoms with van der Waals surface area (Å²) in [5.41, 5.74) is 0.531. The third kappa shape index (κ3) is 3.70. The van der Waals surface area contributed by atoms with Gasteiger partial charge in [-0.1, -0.05) is 0 Å². The summed E-state index contributed by atoms with van der Waals surface area (Å²) < 4.78 is 40.2. The number of alkyl halides is 3. The molecule has 0 bridgehead atoms. The number of ether oxygens (including phenoxy) is 1. The van der Waals surface area contributed by atoms with Crippen LogP contribution in [0.15, 0.2) is 6.20 Å². The van der Waals surface area contributed by atoms with E-state index in [9.17, 15) is 13.2 Å². The molecule has 0 fully saturated rings. The number of halogens is 3. The number of fused-ring (bicyclic) bond motifs is 1. The van der Waals surface area contributed by atoms with Crippen molar-refractivity contribution in [2.45, 2.75) is 6.18 Å². The number of aromatic amines is 1. The maximum atomic E-state index is 11.9. The summed E-state index contributed by atoms with van der Waals surface area (Å²) in [6.45, 7) is -1.16. The second-order valence-corrected chi connectivity index (χ2v) is 3.87. The summed E-state index contributed by atoms with van der Waals surface area (Å²) in [7, 11) is 1.66. The zero-order chi connectivity index (χ0) is 14.6. The van der Waals surface area contributed by atoms with Gasteiger partial charge < -0.3 is 15.4 Å². The van der Waals surface area contributed by atoms with Crippen molar-refractivity contribution in [3.05, 3.63) is 6.20 Å². The lowest BCUT2D eigenvalue weighted by molar-refractivity contribution is -0.172. The van der Waals surface area contributed by atoms with Gasteiger partial charge in [0.25, 0.3) is 0 Å². The van der Waals surface area contributed by atoms with Crippen LogP contribution in [0.2, 0.25) is 0 Å². The molecule has 0 radical (unpaired) electrons. The van der Waals surface area contributed by atoms with Crippen LogP contribution >= 0.6 is 0 Å². The molecule has 2 aromatic rings. The van der Waals surface area contributed by atoms with Crippen molar-refractivity contribution < 1.29 is 17.9 Å². The fourth-order valence-corrected chi connectivity index (χ4v) is 1.51. The van der Waals surface area contributed by atoms with Gasteiger partial charge in [-0.05, 0) is 0 Å². The van der Waals surface area contributed by atoms with Crippen molar-refractivity contribution in [1.29, 1.82) is 0 Å². The molecule has 0 spiro atoms. The Morgan fingerprint density at radius 1 is 1.35 bits per heavy atom. The zero-order valence-corrected chi connectivity index (χ0v) is 10.6. The number of anilines is 2. The van der Waals surface area contributed by atoms with Crippen molar-refractivity contribution in [3.63, 3.8) is 0 Å². The molecule has 0 aromatic carbocycles. The topological polar surface area (TPSA) is 87.8 Å². The van der Waals surface area contributed by atoms with Crippen LogP contribution < -0.4 is 10.6 Å². The van der Waals surface area contributed by atoms with Gasteiger partial charge in [0.1, 0.15) is 12.4 Å². The van der Waals surface area contributed by atoms with Crippen LogP contribution in [0, 0.1) is 0 Å². The van der Waals surface area contributed by atoms with E-state index < -0.39 is 12.8 Å². The molecule has 110 valence electrons. The van der Waals surface area contributed by atoms with E-state index in [4.69, 9.17) is 0 Å². The van der Waals surface area contributed by atoms with Crippen LogP contribution in [0.25, 0.3) is 11.0 Å². The van der Waals surface area contributed by atoms with Crippen LogP contribution in [-0.4, -0.2) is 53.1 Å². The van der Waals surface area contributed by atoms with Gasteiger partial charge >= 0.3 is 6.18 Å². The molecule has 3 N–H and O–H groups in total. The second kappa shape index (κ2) is 5.90. The molecule has 2 heterocycles. The average Bonchev–Trinajstić information content (AvgIpc) is 2.84. The first kappa shape index (κ1) is 14.3. The van der Waals surface area contributed by atoms with Crippen LogP contribution in [-0.2, 0) is 4.74 Å². The van der Waals surface area contributed by atoms with E-state index in [2.05, 4.69) is 35.5 Å². The van der Waals surface area contributed by atoms with Gasteiger partial charge in [0.05, 0.1) is 18.2 Å². The fraction of sp³-hybridized carbons (Fsp3) is 0.500. The Labute approximate surface area is 111 Å². The highest BCUT2D eigenvalue weighted by atomic mass is 19.4. The minimum Gasteiger partial charge on any atom is -0.370 e. The standard InChI is InChI=1S/C10H13F3N6O/c1-14-9-17-7(6-4-16-19-8(6)18-9)15-2-3-20-5-10(11,12)13/h4H,2-3,5H2,1H3,(H3,14,15,16,17,18,19). The summed E-state index contributed by atoms with van der Waals surface area (Å²) in [5.74, 6) is 0.851. The first-order valence-corrected chi connectivity index (χ1v) is 5.77. The molecule has 0 unspecified atom stereocenters. The lowest BCUT2D eigenvalue weighted by Crippen LogP contribution is -2.20. The fourth-order valence-electron chi connectivity index (χ4n) is 1.51. The molecule has 10 heteroatoms. The molecule has 7 nitrogen and oxygen atoms in total. The summed E-state index contributed by atoms with van der Waals surface area (Å²) in [6.07, 6.45) is -2.78. The molecule has 0 amide bonds. The third-order valence-corrected chi connectivity index (χ3v) is 2.34. The number of H-pyrrole nitrogens is 1. The smallest absolute Gasteiger partial charge is 0.370 e. The van der Waals surface area contributed by atoms with Crippen LogP contribution in [0.4, 0.5) is 24.9 Å². The number of hydrogen-bond donors (Lipinski definition) is 3. The van der Waals surface area contributed by atoms with Gasteiger partial charge in [-0.15, -0.1) is 0 Å². The van der Waals surface area contributed by atoms with Crippen LogP contribution in [0.1, 0.15) is 0 Å². The highest BCUT2D eigenvalue weighted by Gasteiger charge is 2.27. The molecule has 0 aliphatic rings. The second-order valence-electron chi connectivity index (χ2n) is 3.87. The highest BCUT2D eigenvalue weighted by molar-refractivity contribution is 5.86. The van der Waals surface area contributed by atoms with E-state index in [1.807, 2.05) is 0 Å². The van der Waals surface area contributed by atoms with Gasteiger partial charge in [-0.25, -0.2) is 0 Å². The van der Waals surface area contributed by atoms with E-state index in [-0.39, 0.29) is 13.2 Å². The summed E-state index contributed by atoms with van der Waals surface area (Å²) in [5, 5.41) is 12.9. The Bertz CT molecular complexity index is 570. The molecule has 2 aromatic heterocycles. The third-order valence-electron chi connectivity index (χ3n) is 2.34. The molecule has 0 atom stereocenters. The van der Waals surface area contributed by atoms with E-state index in [0.717, 1.165) is 0 Å². The Morgan fingerprint density at radius 2 is 2.15 bits per heavy atom. The number of aromatic nitrogens is 4. The van der Waals surface area contributed by atoms with Crippen molar-refractivity contribution in [1.82, 2.24) is 20.2 Å². The maximum Gasteiger partial charge on any atom is 0.411 e. The summed E-state index contributed by atoms with van der Waals surface area (Å²) in [6, 6.07) is 0. The number of nitrogens with zero attached hydrogens (tertiary/aromatic N) is 3. The predicted molar refractivity (Wildman–Crippen MR) is 66.6 cm³/mol. The Hall–Kier alpha value is -2.10. The van der Waals surface area contributed by atoms with E-state index in [1.54, 1.807) is 7.05 Å². The van der Waals surface area contributed by atoms with Crippen LogP contribution in [0.3, 0.4) is 0 Å². The molecular formula is C10H13F3N6O. The first-order chi connectivity index (χ1) is 9.49. The number of rotatable bonds is 6. The van der Waals surface area contributed by atoms with Gasteiger partial charge in [0.2, 0.25) is 5.95 Å². The minimum absolute atomic E-state index is 0.0856. The SMILES string of the molecule is CNc1nc(NCCOCC(F)(F)F)c2cn[nH]c2n1. The van der Waals surface area contributed by atoms with Crippen molar-refractivity contribution >= 4 is 22.8 Å². The highest BCUT2D eigenvalue weighted by Crippen LogP contribution is 2.19. The quantitative estimate of drug-likeness (QED) is 0.697. The molecule has 0 aliphatic carbocycles. The normalized spacial score (nSPS) is 11.8. The lowest BCUT2D eigenvalue weighted by Gasteiger charge is -2.10. The molecule has 0 aliphatic heterocycles. The Kier molecular flexibility index (Phi) is 4.23. The zero-order valence-electron chi connectivity index (χ0n) is 10.6. The maximum absolute atomic E-state index is 11.9. The van der Waals surface area contributed by atoms with Gasteiger partial charge in [0.15, 0.2) is 5.65 Å². The monoisotopic (exact) mass is 290 g/mol. The average molecular weight is 290 g/mol. The molecular weight excluding hydrogens is 277 g/mol. The largest absolute Gasteiger partial charge is 0.411 e. The molecule has 20 heavy (non-hydrogen) atoms. The molecule has 0 saturated heterocycles. The van der Waals surface area contributed by atoms with Crippen molar-refractivity contribution in [2.24, 2.45) is 0 Å². The summed E-state index contributed by atoms with van der Waals surface area (Å²) in [4.78, 5) is 8.30. The van der Waals surface area contributed by atoms with E-state index in [1.165, 1.54) is 6.20 Å². The predicted octanol–water partition coefficient (Wildman–Crippen LogP) is 1.39. The molecule has 0 saturated carbocycles.